The fraction of sp³-hybridized carbons (Fsp3) is 0.529. The molecule has 1 aromatic rings. The molecule has 1 N–H and O–H groups in total. The maximum atomic E-state index is 13.0. The third-order valence-corrected chi connectivity index (χ3v) is 4.10. The van der Waals surface area contributed by atoms with Gasteiger partial charge in [-0.3, -0.25) is 4.90 Å². The van der Waals surface area contributed by atoms with Crippen LogP contribution in [0.25, 0.3) is 0 Å². The molecule has 0 saturated carbocycles. The summed E-state index contributed by atoms with van der Waals surface area (Å²) in [5, 5.41) is 2.85. The van der Waals surface area contributed by atoms with Gasteiger partial charge in [0.25, 0.3) is 0 Å². The molecule has 26 heavy (non-hydrogen) atoms. The van der Waals surface area contributed by atoms with Crippen LogP contribution in [0.3, 0.4) is 0 Å². The average molecular weight is 382 g/mol. The van der Waals surface area contributed by atoms with Crippen molar-refractivity contribution in [2.75, 3.05) is 31.7 Å². The van der Waals surface area contributed by atoms with E-state index in [9.17, 15) is 26.3 Å². The fourth-order valence-corrected chi connectivity index (χ4v) is 2.91. The third-order valence-electron chi connectivity index (χ3n) is 4.10. The van der Waals surface area contributed by atoms with Crippen LogP contribution in [0, 0.1) is 0 Å². The summed E-state index contributed by atoms with van der Waals surface area (Å²) in [6, 6.07) is 1.53. The first-order valence-electron chi connectivity index (χ1n) is 7.92. The molecule has 1 unspecified atom stereocenters. The fourth-order valence-electron chi connectivity index (χ4n) is 2.91. The molecule has 0 aliphatic carbocycles. The molecule has 0 radical (unpaired) electrons. The number of hydrogen-bond donors (Lipinski definition) is 1. The molecule has 0 aromatic heterocycles. The van der Waals surface area contributed by atoms with Crippen molar-refractivity contribution < 1.29 is 31.1 Å². The zero-order chi connectivity index (χ0) is 19.6. The Kier molecular flexibility index (Phi) is 5.92. The number of ether oxygens (including phenoxy) is 1. The summed E-state index contributed by atoms with van der Waals surface area (Å²) < 4.78 is 83.0. The summed E-state index contributed by atoms with van der Waals surface area (Å²) in [7, 11) is 0. The van der Waals surface area contributed by atoms with Crippen molar-refractivity contribution >= 4 is 5.69 Å². The maximum Gasteiger partial charge on any atom is 0.416 e. The summed E-state index contributed by atoms with van der Waals surface area (Å²) in [5.74, 6) is 0. The highest BCUT2D eigenvalue weighted by atomic mass is 19.4. The lowest BCUT2D eigenvalue weighted by molar-refractivity contribution is -0.143. The van der Waals surface area contributed by atoms with E-state index >= 15 is 0 Å². The van der Waals surface area contributed by atoms with E-state index < -0.39 is 29.0 Å². The van der Waals surface area contributed by atoms with Crippen LogP contribution in [0.2, 0.25) is 0 Å². The van der Waals surface area contributed by atoms with Crippen molar-refractivity contribution in [2.45, 2.75) is 31.2 Å². The van der Waals surface area contributed by atoms with Gasteiger partial charge in [0.15, 0.2) is 0 Å². The molecule has 1 aromatic carbocycles. The van der Waals surface area contributed by atoms with Crippen LogP contribution >= 0.6 is 0 Å². The van der Waals surface area contributed by atoms with Crippen LogP contribution in [0.15, 0.2) is 30.9 Å². The van der Waals surface area contributed by atoms with Gasteiger partial charge < -0.3 is 10.1 Å². The number of benzene rings is 1. The standard InChI is InChI=1S/C17H20F6N2O/c1-3-6-26-11-25-5-4-15(2,10-25)24-14-8-12(16(18,19)20)7-13(9-14)17(21,22)23/h3,7-9,24H,1,4-6,10-11H2,2H3. The molecular weight excluding hydrogens is 362 g/mol. The monoisotopic (exact) mass is 382 g/mol. The molecule has 146 valence electrons. The van der Waals surface area contributed by atoms with Gasteiger partial charge in [-0.1, -0.05) is 6.08 Å². The van der Waals surface area contributed by atoms with E-state index in [-0.39, 0.29) is 11.8 Å². The minimum absolute atomic E-state index is 0.123. The molecule has 1 heterocycles. The quantitative estimate of drug-likeness (QED) is 0.436. The van der Waals surface area contributed by atoms with Crippen LogP contribution in [-0.4, -0.2) is 36.9 Å². The van der Waals surface area contributed by atoms with Gasteiger partial charge in [0.1, 0.15) is 0 Å². The SMILES string of the molecule is C=CCOCN1CCC(C)(Nc2cc(C(F)(F)F)cc(C(F)(F)F)c2)C1. The second kappa shape index (κ2) is 7.48. The smallest absolute Gasteiger partial charge is 0.379 e. The predicted octanol–water partition coefficient (Wildman–Crippen LogP) is 4.76. The Bertz CT molecular complexity index is 611. The Morgan fingerprint density at radius 2 is 1.73 bits per heavy atom. The lowest BCUT2D eigenvalue weighted by Gasteiger charge is -2.28. The molecule has 1 fully saturated rings. The van der Waals surface area contributed by atoms with Crippen molar-refractivity contribution in [3.8, 4) is 0 Å². The zero-order valence-corrected chi connectivity index (χ0v) is 14.2. The first-order valence-corrected chi connectivity index (χ1v) is 7.92. The predicted molar refractivity (Wildman–Crippen MR) is 85.7 cm³/mol. The van der Waals surface area contributed by atoms with Gasteiger partial charge in [-0.2, -0.15) is 26.3 Å². The van der Waals surface area contributed by atoms with Gasteiger partial charge in [-0.15, -0.1) is 6.58 Å². The number of halogens is 6. The number of alkyl halides is 6. The number of anilines is 1. The highest BCUT2D eigenvalue weighted by Crippen LogP contribution is 2.38. The van der Waals surface area contributed by atoms with Gasteiger partial charge in [0.2, 0.25) is 0 Å². The molecule has 0 bridgehead atoms. The normalized spacial score (nSPS) is 21.8. The molecule has 0 spiro atoms. The summed E-state index contributed by atoms with van der Waals surface area (Å²) in [5.41, 5.74) is -3.53. The van der Waals surface area contributed by atoms with E-state index in [0.29, 0.717) is 45.0 Å². The van der Waals surface area contributed by atoms with E-state index in [1.54, 1.807) is 13.0 Å². The average Bonchev–Trinajstić information content (AvgIpc) is 2.86. The van der Waals surface area contributed by atoms with Crippen LogP contribution in [-0.2, 0) is 17.1 Å². The van der Waals surface area contributed by atoms with Crippen molar-refractivity contribution in [3.05, 3.63) is 42.0 Å². The highest BCUT2D eigenvalue weighted by molar-refractivity contribution is 5.52. The Hall–Kier alpha value is -1.74. The summed E-state index contributed by atoms with van der Waals surface area (Å²) in [6.45, 7) is 7.02. The molecule has 1 aliphatic heterocycles. The summed E-state index contributed by atoms with van der Waals surface area (Å²) in [4.78, 5) is 1.93. The van der Waals surface area contributed by atoms with Gasteiger partial charge in [0.05, 0.1) is 24.5 Å². The van der Waals surface area contributed by atoms with Crippen molar-refractivity contribution in [1.29, 1.82) is 0 Å². The Balaban J connectivity index is 2.19. The number of rotatable bonds is 6. The number of hydrogen-bond acceptors (Lipinski definition) is 3. The minimum atomic E-state index is -4.86. The maximum absolute atomic E-state index is 13.0. The van der Waals surface area contributed by atoms with E-state index in [1.807, 2.05) is 4.90 Å². The van der Waals surface area contributed by atoms with Crippen molar-refractivity contribution in [1.82, 2.24) is 4.90 Å². The summed E-state index contributed by atoms with van der Waals surface area (Å²) in [6.07, 6.45) is -7.57. The molecule has 0 amide bonds. The molecule has 1 saturated heterocycles. The largest absolute Gasteiger partial charge is 0.416 e. The van der Waals surface area contributed by atoms with Crippen LogP contribution in [0.5, 0.6) is 0 Å². The van der Waals surface area contributed by atoms with Gasteiger partial charge in [-0.05, 0) is 31.5 Å². The third kappa shape index (κ3) is 5.38. The Morgan fingerprint density at radius 3 is 2.23 bits per heavy atom. The summed E-state index contributed by atoms with van der Waals surface area (Å²) >= 11 is 0. The van der Waals surface area contributed by atoms with Gasteiger partial charge >= 0.3 is 12.4 Å². The van der Waals surface area contributed by atoms with E-state index in [1.165, 1.54) is 0 Å². The second-order valence-electron chi connectivity index (χ2n) is 6.57. The molecule has 1 atom stereocenters. The zero-order valence-electron chi connectivity index (χ0n) is 14.2. The first kappa shape index (κ1) is 20.6. The molecule has 1 aliphatic rings. The van der Waals surface area contributed by atoms with Crippen molar-refractivity contribution in [3.63, 3.8) is 0 Å². The molecule has 2 rings (SSSR count). The second-order valence-corrected chi connectivity index (χ2v) is 6.57. The Morgan fingerprint density at radius 1 is 1.15 bits per heavy atom. The topological polar surface area (TPSA) is 24.5 Å². The van der Waals surface area contributed by atoms with E-state index in [4.69, 9.17) is 4.74 Å². The van der Waals surface area contributed by atoms with Gasteiger partial charge in [-0.25, -0.2) is 0 Å². The molecule has 9 heteroatoms. The van der Waals surface area contributed by atoms with Crippen LogP contribution in [0.1, 0.15) is 24.5 Å². The molecular formula is C17H20F6N2O. The molecule has 3 nitrogen and oxygen atoms in total. The number of nitrogens with one attached hydrogen (secondary N) is 1. The first-order chi connectivity index (χ1) is 11.9. The Labute approximate surface area is 147 Å². The van der Waals surface area contributed by atoms with Crippen LogP contribution < -0.4 is 5.32 Å². The lowest BCUT2D eigenvalue weighted by Crippen LogP contribution is -2.38. The van der Waals surface area contributed by atoms with Crippen molar-refractivity contribution in [2.24, 2.45) is 0 Å². The number of nitrogens with zero attached hydrogens (tertiary/aromatic N) is 1. The van der Waals surface area contributed by atoms with E-state index in [2.05, 4.69) is 11.9 Å². The number of likely N-dealkylation sites (tertiary alicyclic amines) is 1. The van der Waals surface area contributed by atoms with Gasteiger partial charge in [0, 0.05) is 24.3 Å². The lowest BCUT2D eigenvalue weighted by atomic mass is 10.00. The minimum Gasteiger partial charge on any atom is -0.379 e. The van der Waals surface area contributed by atoms with Crippen LogP contribution in [0.4, 0.5) is 32.0 Å². The van der Waals surface area contributed by atoms with E-state index in [0.717, 1.165) is 0 Å². The highest BCUT2D eigenvalue weighted by Gasteiger charge is 2.38.